The maximum absolute atomic E-state index is 12.4. The first-order chi connectivity index (χ1) is 10.5. The van der Waals surface area contributed by atoms with E-state index in [0.29, 0.717) is 12.5 Å². The van der Waals surface area contributed by atoms with Gasteiger partial charge >= 0.3 is 0 Å². The van der Waals surface area contributed by atoms with Crippen LogP contribution in [0.5, 0.6) is 0 Å². The highest BCUT2D eigenvalue weighted by Crippen LogP contribution is 2.34. The summed E-state index contributed by atoms with van der Waals surface area (Å²) in [5.41, 5.74) is 1.73. The number of methoxy groups -OCH3 is 1. The summed E-state index contributed by atoms with van der Waals surface area (Å²) >= 11 is 0. The number of ether oxygens (including phenoxy) is 1. The standard InChI is InChI=1S/C17H19N3O2/c1-17(2)11-20(15(21)14(17)22-3)16-18-9-13(10-19-16)12-7-5-4-6-8-12/h4-10,14H,11H2,1-3H3. The molecule has 1 aromatic heterocycles. The molecule has 3 rings (SSSR count). The van der Waals surface area contributed by atoms with Crippen LogP contribution < -0.4 is 4.90 Å². The van der Waals surface area contributed by atoms with Gasteiger partial charge in [-0.3, -0.25) is 9.69 Å². The lowest BCUT2D eigenvalue weighted by Crippen LogP contribution is -2.33. The van der Waals surface area contributed by atoms with Gasteiger partial charge in [-0.2, -0.15) is 0 Å². The zero-order valence-electron chi connectivity index (χ0n) is 13.0. The van der Waals surface area contributed by atoms with Gasteiger partial charge in [0.2, 0.25) is 5.95 Å². The molecular formula is C17H19N3O2. The summed E-state index contributed by atoms with van der Waals surface area (Å²) in [5, 5.41) is 0. The monoisotopic (exact) mass is 297 g/mol. The van der Waals surface area contributed by atoms with Gasteiger partial charge in [-0.25, -0.2) is 9.97 Å². The second kappa shape index (κ2) is 5.50. The van der Waals surface area contributed by atoms with Gasteiger partial charge in [-0.05, 0) is 5.56 Å². The normalized spacial score (nSPS) is 20.4. The Kier molecular flexibility index (Phi) is 3.66. The Morgan fingerprint density at radius 2 is 1.77 bits per heavy atom. The third-order valence-electron chi connectivity index (χ3n) is 3.99. The van der Waals surface area contributed by atoms with Crippen molar-refractivity contribution in [3.8, 4) is 11.1 Å². The van der Waals surface area contributed by atoms with Crippen molar-refractivity contribution in [2.45, 2.75) is 20.0 Å². The van der Waals surface area contributed by atoms with E-state index < -0.39 is 6.10 Å². The lowest BCUT2D eigenvalue weighted by Gasteiger charge is -2.21. The minimum Gasteiger partial charge on any atom is -0.371 e. The lowest BCUT2D eigenvalue weighted by molar-refractivity contribution is -0.128. The topological polar surface area (TPSA) is 55.3 Å². The van der Waals surface area contributed by atoms with E-state index in [1.807, 2.05) is 44.2 Å². The number of benzene rings is 1. The molecule has 1 unspecified atom stereocenters. The predicted octanol–water partition coefficient (Wildman–Crippen LogP) is 2.53. The van der Waals surface area contributed by atoms with Crippen molar-refractivity contribution in [3.63, 3.8) is 0 Å². The van der Waals surface area contributed by atoms with Crippen molar-refractivity contribution >= 4 is 11.9 Å². The molecule has 5 heteroatoms. The first-order valence-corrected chi connectivity index (χ1v) is 7.24. The summed E-state index contributed by atoms with van der Waals surface area (Å²) in [6.07, 6.45) is 3.04. The molecule has 0 saturated carbocycles. The molecule has 2 heterocycles. The van der Waals surface area contributed by atoms with Crippen molar-refractivity contribution in [2.75, 3.05) is 18.6 Å². The van der Waals surface area contributed by atoms with Crippen LogP contribution in [0.1, 0.15) is 13.8 Å². The zero-order valence-corrected chi connectivity index (χ0v) is 13.0. The van der Waals surface area contributed by atoms with Gasteiger partial charge in [-0.15, -0.1) is 0 Å². The quantitative estimate of drug-likeness (QED) is 0.873. The van der Waals surface area contributed by atoms with E-state index in [4.69, 9.17) is 4.74 Å². The van der Waals surface area contributed by atoms with E-state index >= 15 is 0 Å². The van der Waals surface area contributed by atoms with E-state index in [2.05, 4.69) is 9.97 Å². The van der Waals surface area contributed by atoms with E-state index in [1.165, 1.54) is 0 Å². The molecule has 0 N–H and O–H groups in total. The number of nitrogens with zero attached hydrogens (tertiary/aromatic N) is 3. The Balaban J connectivity index is 1.87. The molecular weight excluding hydrogens is 278 g/mol. The van der Waals surface area contributed by atoms with Crippen LogP contribution in [0.4, 0.5) is 5.95 Å². The molecule has 1 aliphatic rings. The third-order valence-corrected chi connectivity index (χ3v) is 3.99. The van der Waals surface area contributed by atoms with E-state index in [1.54, 1.807) is 24.4 Å². The average Bonchev–Trinajstić information content (AvgIpc) is 2.77. The van der Waals surface area contributed by atoms with Gasteiger partial charge in [0.05, 0.1) is 0 Å². The number of hydrogen-bond acceptors (Lipinski definition) is 4. The predicted molar refractivity (Wildman–Crippen MR) is 84.4 cm³/mol. The number of hydrogen-bond donors (Lipinski definition) is 0. The van der Waals surface area contributed by atoms with Crippen molar-refractivity contribution in [1.82, 2.24) is 9.97 Å². The SMILES string of the molecule is COC1C(=O)N(c2ncc(-c3ccccc3)cn2)CC1(C)C. The first-order valence-electron chi connectivity index (χ1n) is 7.24. The molecule has 2 aromatic rings. The van der Waals surface area contributed by atoms with Crippen LogP contribution >= 0.6 is 0 Å². The Bertz CT molecular complexity index is 668. The van der Waals surface area contributed by atoms with Gasteiger partial charge in [0.1, 0.15) is 6.10 Å². The smallest absolute Gasteiger partial charge is 0.259 e. The van der Waals surface area contributed by atoms with Crippen LogP contribution in [0.2, 0.25) is 0 Å². The Morgan fingerprint density at radius 1 is 1.14 bits per heavy atom. The molecule has 0 aliphatic carbocycles. The minimum atomic E-state index is -0.454. The molecule has 5 nitrogen and oxygen atoms in total. The summed E-state index contributed by atoms with van der Waals surface area (Å²) in [6, 6.07) is 9.92. The van der Waals surface area contributed by atoms with E-state index in [0.717, 1.165) is 11.1 Å². The molecule has 0 spiro atoms. The summed E-state index contributed by atoms with van der Waals surface area (Å²) in [7, 11) is 1.56. The Hall–Kier alpha value is -2.27. The van der Waals surface area contributed by atoms with Gasteiger partial charge < -0.3 is 4.74 Å². The minimum absolute atomic E-state index is 0.0834. The molecule has 1 aromatic carbocycles. The van der Waals surface area contributed by atoms with E-state index in [-0.39, 0.29) is 11.3 Å². The van der Waals surface area contributed by atoms with Crippen LogP contribution in [0, 0.1) is 5.41 Å². The van der Waals surface area contributed by atoms with Crippen LogP contribution in [0.15, 0.2) is 42.7 Å². The highest BCUT2D eigenvalue weighted by Gasteiger charge is 2.47. The molecule has 0 bridgehead atoms. The van der Waals surface area contributed by atoms with Gasteiger partial charge in [0.15, 0.2) is 0 Å². The summed E-state index contributed by atoms with van der Waals surface area (Å²) < 4.78 is 5.34. The van der Waals surface area contributed by atoms with Crippen molar-refractivity contribution in [3.05, 3.63) is 42.7 Å². The van der Waals surface area contributed by atoms with Gasteiger partial charge in [0.25, 0.3) is 5.91 Å². The fraction of sp³-hybridized carbons (Fsp3) is 0.353. The molecule has 1 atom stereocenters. The van der Waals surface area contributed by atoms with Crippen molar-refractivity contribution in [2.24, 2.45) is 5.41 Å². The summed E-state index contributed by atoms with van der Waals surface area (Å²) in [5.74, 6) is 0.345. The van der Waals surface area contributed by atoms with Crippen LogP contribution in [0.25, 0.3) is 11.1 Å². The van der Waals surface area contributed by atoms with Crippen LogP contribution in [-0.4, -0.2) is 35.6 Å². The van der Waals surface area contributed by atoms with Crippen molar-refractivity contribution < 1.29 is 9.53 Å². The molecule has 1 amide bonds. The van der Waals surface area contributed by atoms with E-state index in [9.17, 15) is 4.79 Å². The number of carbonyl (C=O) groups excluding carboxylic acids is 1. The summed E-state index contributed by atoms with van der Waals surface area (Å²) in [6.45, 7) is 4.57. The number of rotatable bonds is 3. The number of amides is 1. The Morgan fingerprint density at radius 3 is 2.32 bits per heavy atom. The summed E-state index contributed by atoms with van der Waals surface area (Å²) in [4.78, 5) is 22.7. The largest absolute Gasteiger partial charge is 0.371 e. The fourth-order valence-electron chi connectivity index (χ4n) is 2.87. The second-order valence-corrected chi connectivity index (χ2v) is 6.17. The number of carbonyl (C=O) groups is 1. The molecule has 1 fully saturated rings. The molecule has 1 aliphatic heterocycles. The maximum atomic E-state index is 12.4. The fourth-order valence-corrected chi connectivity index (χ4v) is 2.87. The van der Waals surface area contributed by atoms with Crippen LogP contribution in [-0.2, 0) is 9.53 Å². The van der Waals surface area contributed by atoms with Crippen LogP contribution in [0.3, 0.4) is 0 Å². The lowest BCUT2D eigenvalue weighted by atomic mass is 9.90. The molecule has 0 radical (unpaired) electrons. The van der Waals surface area contributed by atoms with Gasteiger partial charge in [0, 0.05) is 37.0 Å². The molecule has 22 heavy (non-hydrogen) atoms. The second-order valence-electron chi connectivity index (χ2n) is 6.17. The van der Waals surface area contributed by atoms with Gasteiger partial charge in [-0.1, -0.05) is 44.2 Å². The highest BCUT2D eigenvalue weighted by molar-refractivity contribution is 5.98. The number of aromatic nitrogens is 2. The highest BCUT2D eigenvalue weighted by atomic mass is 16.5. The molecule has 1 saturated heterocycles. The average molecular weight is 297 g/mol. The maximum Gasteiger partial charge on any atom is 0.259 e. The zero-order chi connectivity index (χ0) is 15.7. The number of anilines is 1. The Labute approximate surface area is 130 Å². The third kappa shape index (κ3) is 2.48. The van der Waals surface area contributed by atoms with Crippen molar-refractivity contribution in [1.29, 1.82) is 0 Å². The first kappa shape index (κ1) is 14.7. The molecule has 114 valence electrons.